The molecule has 0 aliphatic heterocycles. The van der Waals surface area contributed by atoms with Gasteiger partial charge < -0.3 is 14.0 Å². The molecule has 4 aromatic rings. The van der Waals surface area contributed by atoms with E-state index in [2.05, 4.69) is 5.10 Å². The molecule has 7 heteroatoms. The largest absolute Gasteiger partial charge is 2.00 e. The van der Waals surface area contributed by atoms with E-state index in [1.54, 1.807) is 16.2 Å². The van der Waals surface area contributed by atoms with Gasteiger partial charge in [-0.25, -0.2) is 4.52 Å². The van der Waals surface area contributed by atoms with Crippen LogP contribution < -0.4 is 15.0 Å². The molecular weight excluding hydrogens is 518 g/mol. The Morgan fingerprint density at radius 2 is 1.50 bits per heavy atom. The zero-order valence-corrected chi connectivity index (χ0v) is 22.0. The van der Waals surface area contributed by atoms with E-state index in [9.17, 15) is 4.79 Å². The summed E-state index contributed by atoms with van der Waals surface area (Å²) in [4.78, 5) is 13.5. The maximum absolute atomic E-state index is 13.5. The molecule has 0 atom stereocenters. The monoisotopic (exact) mass is 545 g/mol. The van der Waals surface area contributed by atoms with Crippen LogP contribution in [-0.2, 0) is 23.6 Å². The molecule has 2 aliphatic rings. The smallest absolute Gasteiger partial charge is 0.497 e. The minimum atomic E-state index is -0.106. The van der Waals surface area contributed by atoms with E-state index in [1.807, 2.05) is 125 Å². The second-order valence-electron chi connectivity index (χ2n) is 8.36. The van der Waals surface area contributed by atoms with Crippen LogP contribution in [0.3, 0.4) is 0 Å². The Bertz CT molecular complexity index is 1350. The van der Waals surface area contributed by atoms with Gasteiger partial charge in [-0.05, 0) is 81.5 Å². The molecule has 10 radical (unpaired) electrons. The van der Waals surface area contributed by atoms with Crippen LogP contribution in [0.1, 0.15) is 5.69 Å². The SMILES string of the molecule is COc1cccc(OCCn2c(-c3ccccc3)cn3nc([C]4[CH][CH][CH][CH]4)cc3c2=O)c1.[CH]1[CH][CH][CH][CH]1.[Fe+2]. The predicted molar refractivity (Wildman–Crippen MR) is 144 cm³/mol. The molecule has 2 saturated carbocycles. The number of nitrogens with zero attached hydrogens (tertiary/aromatic N) is 3. The van der Waals surface area contributed by atoms with Gasteiger partial charge in [0.05, 0.1) is 31.2 Å². The van der Waals surface area contributed by atoms with Crippen molar-refractivity contribution in [3.8, 4) is 22.8 Å². The number of hydrogen-bond acceptors (Lipinski definition) is 4. The van der Waals surface area contributed by atoms with Gasteiger partial charge in [0.2, 0.25) is 0 Å². The van der Waals surface area contributed by atoms with Crippen LogP contribution in [-0.4, -0.2) is 27.9 Å². The van der Waals surface area contributed by atoms with Crippen LogP contribution in [0.4, 0.5) is 0 Å². The quantitative estimate of drug-likeness (QED) is 0.306. The van der Waals surface area contributed by atoms with Crippen molar-refractivity contribution >= 4 is 5.52 Å². The average molecular weight is 545 g/mol. The summed E-state index contributed by atoms with van der Waals surface area (Å²) in [7, 11) is 1.62. The van der Waals surface area contributed by atoms with Crippen molar-refractivity contribution in [2.24, 2.45) is 0 Å². The summed E-state index contributed by atoms with van der Waals surface area (Å²) >= 11 is 0. The molecule has 38 heavy (non-hydrogen) atoms. The minimum absolute atomic E-state index is 0. The molecule has 2 heterocycles. The summed E-state index contributed by atoms with van der Waals surface area (Å²) in [5.41, 5.74) is 2.93. The zero-order valence-electron chi connectivity index (χ0n) is 20.9. The van der Waals surface area contributed by atoms with Crippen LogP contribution in [0.25, 0.3) is 16.8 Å². The van der Waals surface area contributed by atoms with Crippen LogP contribution >= 0.6 is 0 Å². The maximum atomic E-state index is 13.5. The molecule has 190 valence electrons. The molecule has 2 fully saturated rings. The number of rotatable bonds is 7. The summed E-state index contributed by atoms with van der Waals surface area (Å²) in [6.45, 7) is 0.737. The number of hydrogen-bond donors (Lipinski definition) is 0. The Labute approximate surface area is 235 Å². The number of ether oxygens (including phenoxy) is 2. The zero-order chi connectivity index (χ0) is 25.5. The van der Waals surface area contributed by atoms with E-state index in [0.29, 0.717) is 24.4 Å². The van der Waals surface area contributed by atoms with Gasteiger partial charge >= 0.3 is 17.1 Å². The Morgan fingerprint density at radius 3 is 2.18 bits per heavy atom. The molecule has 0 spiro atoms. The van der Waals surface area contributed by atoms with E-state index in [4.69, 9.17) is 9.47 Å². The third-order valence-corrected chi connectivity index (χ3v) is 5.94. The average Bonchev–Trinajstić information content (AvgIpc) is 3.74. The third-order valence-electron chi connectivity index (χ3n) is 5.94. The molecule has 2 aliphatic carbocycles. The first-order valence-electron chi connectivity index (χ1n) is 12.1. The van der Waals surface area contributed by atoms with Gasteiger partial charge in [0.25, 0.3) is 5.56 Å². The van der Waals surface area contributed by atoms with Crippen LogP contribution in [0.2, 0.25) is 0 Å². The van der Waals surface area contributed by atoms with E-state index in [-0.39, 0.29) is 22.6 Å². The molecular formula is C31H27FeN3O3+2. The fourth-order valence-corrected chi connectivity index (χ4v) is 4.10. The van der Waals surface area contributed by atoms with Crippen LogP contribution in [0, 0.1) is 63.7 Å². The molecule has 0 N–H and O–H groups in total. The summed E-state index contributed by atoms with van der Waals surface area (Å²) in [5.74, 6) is 2.41. The standard InChI is InChI=1S/C26H22N3O3.C5H5.Fe/c1-31-21-12-7-13-22(16-21)32-15-14-28-25(20-10-3-2-4-11-20)18-29-24(26(28)30)17-23(27-29)19-8-5-6-9-19;1-2-4-5-3-1;/h2-13,16-18H,14-15H2,1H3;1-5H;/q;;+2. The van der Waals surface area contributed by atoms with Crippen molar-refractivity contribution in [1.29, 1.82) is 0 Å². The Balaban J connectivity index is 0.000000504. The first kappa shape index (κ1) is 28.0. The molecule has 6 nitrogen and oxygen atoms in total. The first-order chi connectivity index (χ1) is 18.2. The third kappa shape index (κ3) is 6.69. The van der Waals surface area contributed by atoms with Crippen LogP contribution in [0.15, 0.2) is 71.7 Å². The second-order valence-corrected chi connectivity index (χ2v) is 8.36. The molecule has 0 unspecified atom stereocenters. The normalized spacial score (nSPS) is 15.1. The maximum Gasteiger partial charge on any atom is 2.00 e. The summed E-state index contributed by atoms with van der Waals surface area (Å²) < 4.78 is 14.6. The Kier molecular flexibility index (Phi) is 10.1. The van der Waals surface area contributed by atoms with Crippen molar-refractivity contribution in [3.05, 3.63) is 147 Å². The fourth-order valence-electron chi connectivity index (χ4n) is 4.10. The minimum Gasteiger partial charge on any atom is -0.497 e. The number of fused-ring (bicyclic) bond motifs is 1. The van der Waals surface area contributed by atoms with E-state index in [1.165, 1.54) is 0 Å². The van der Waals surface area contributed by atoms with E-state index >= 15 is 0 Å². The molecule has 2 aromatic heterocycles. The second kappa shape index (κ2) is 13.7. The summed E-state index contributed by atoms with van der Waals surface area (Å²) in [6, 6.07) is 19.1. The first-order valence-corrected chi connectivity index (χ1v) is 12.1. The summed E-state index contributed by atoms with van der Waals surface area (Å²) in [5, 5.41) is 4.65. The topological polar surface area (TPSA) is 57.8 Å². The van der Waals surface area contributed by atoms with Gasteiger partial charge in [-0.1, -0.05) is 36.4 Å². The molecule has 0 bridgehead atoms. The fraction of sp³-hybridized carbons (Fsp3) is 0.0968. The molecule has 6 rings (SSSR count). The van der Waals surface area contributed by atoms with Crippen molar-refractivity contribution in [3.63, 3.8) is 0 Å². The Morgan fingerprint density at radius 1 is 0.816 bits per heavy atom. The van der Waals surface area contributed by atoms with Crippen molar-refractivity contribution < 1.29 is 26.5 Å². The summed E-state index contributed by atoms with van der Waals surface area (Å²) in [6.07, 6.45) is 19.8. The van der Waals surface area contributed by atoms with Crippen LogP contribution in [0.5, 0.6) is 11.5 Å². The van der Waals surface area contributed by atoms with Gasteiger partial charge in [0.1, 0.15) is 23.6 Å². The molecule has 0 amide bonds. The molecule has 2 aromatic carbocycles. The van der Waals surface area contributed by atoms with Crippen molar-refractivity contribution in [2.75, 3.05) is 13.7 Å². The number of methoxy groups -OCH3 is 1. The van der Waals surface area contributed by atoms with Gasteiger partial charge in [0.15, 0.2) is 0 Å². The van der Waals surface area contributed by atoms with Gasteiger partial charge in [0, 0.05) is 12.0 Å². The van der Waals surface area contributed by atoms with E-state index in [0.717, 1.165) is 28.6 Å². The van der Waals surface area contributed by atoms with Crippen molar-refractivity contribution in [2.45, 2.75) is 6.54 Å². The van der Waals surface area contributed by atoms with Gasteiger partial charge in [-0.3, -0.25) is 4.79 Å². The number of aromatic nitrogens is 3. The predicted octanol–water partition coefficient (Wildman–Crippen LogP) is 5.02. The van der Waals surface area contributed by atoms with Crippen molar-refractivity contribution in [1.82, 2.24) is 14.2 Å². The number of benzene rings is 2. The molecule has 0 saturated heterocycles. The van der Waals surface area contributed by atoms with Gasteiger partial charge in [-0.2, -0.15) is 5.10 Å². The van der Waals surface area contributed by atoms with E-state index < -0.39 is 0 Å². The van der Waals surface area contributed by atoms with Gasteiger partial charge in [-0.15, -0.1) is 0 Å². The Hall–Kier alpha value is -3.02.